The van der Waals surface area contributed by atoms with Crippen LogP contribution < -0.4 is 0 Å². The molecule has 0 aromatic heterocycles. The first-order chi connectivity index (χ1) is 16.5. The number of hydrogen-bond acceptors (Lipinski definition) is 2. The van der Waals surface area contributed by atoms with Crippen LogP contribution in [0.3, 0.4) is 0 Å². The van der Waals surface area contributed by atoms with Crippen LogP contribution in [0.4, 0.5) is 13.2 Å². The van der Waals surface area contributed by atoms with Crippen LogP contribution in [-0.4, -0.2) is 13.2 Å². The summed E-state index contributed by atoms with van der Waals surface area (Å²) in [5.41, 5.74) is 3.00. The predicted molar refractivity (Wildman–Crippen MR) is 129 cm³/mol. The van der Waals surface area contributed by atoms with Crippen molar-refractivity contribution >= 4 is 0 Å². The monoisotopic (exact) mass is 466 g/mol. The Morgan fingerprint density at radius 1 is 0.853 bits per heavy atom. The molecule has 1 fully saturated rings. The summed E-state index contributed by atoms with van der Waals surface area (Å²) in [6, 6.07) is 15.2. The summed E-state index contributed by atoms with van der Waals surface area (Å²) < 4.78 is 55.4. The normalized spacial score (nSPS) is 18.5. The van der Waals surface area contributed by atoms with Gasteiger partial charge in [-0.2, -0.15) is 0 Å². The summed E-state index contributed by atoms with van der Waals surface area (Å²) in [5.74, 6) is -1.85. The molecule has 4 rings (SSSR count). The van der Waals surface area contributed by atoms with Crippen molar-refractivity contribution in [3.8, 4) is 22.3 Å². The first kappa shape index (κ1) is 24.2. The molecule has 0 unspecified atom stereocenters. The van der Waals surface area contributed by atoms with E-state index in [1.807, 2.05) is 26.0 Å². The van der Waals surface area contributed by atoms with Crippen molar-refractivity contribution in [2.24, 2.45) is 5.92 Å². The highest BCUT2D eigenvalue weighted by Crippen LogP contribution is 2.32. The number of rotatable bonds is 7. The van der Waals surface area contributed by atoms with Crippen molar-refractivity contribution in [1.29, 1.82) is 0 Å². The molecule has 2 nitrogen and oxygen atoms in total. The lowest BCUT2D eigenvalue weighted by Gasteiger charge is -2.28. The van der Waals surface area contributed by atoms with Crippen molar-refractivity contribution in [1.82, 2.24) is 0 Å². The van der Waals surface area contributed by atoms with E-state index in [9.17, 15) is 13.2 Å². The fourth-order valence-electron chi connectivity index (χ4n) is 4.19. The molecule has 1 aliphatic heterocycles. The minimum absolute atomic E-state index is 0.174. The third-order valence-corrected chi connectivity index (χ3v) is 6.13. The van der Waals surface area contributed by atoms with E-state index in [1.54, 1.807) is 48.5 Å². The van der Waals surface area contributed by atoms with E-state index in [0.717, 1.165) is 18.4 Å². The summed E-state index contributed by atoms with van der Waals surface area (Å²) in [6.45, 7) is 4.92. The van der Waals surface area contributed by atoms with Gasteiger partial charge in [-0.25, -0.2) is 13.2 Å². The number of halogens is 3. The molecule has 0 spiro atoms. The first-order valence-electron chi connectivity index (χ1n) is 11.7. The molecule has 5 heteroatoms. The van der Waals surface area contributed by atoms with Gasteiger partial charge in [-0.05, 0) is 48.1 Å². The Balaban J connectivity index is 1.50. The molecule has 1 saturated heterocycles. The lowest BCUT2D eigenvalue weighted by atomic mass is 9.97. The number of ether oxygens (including phenoxy) is 2. The molecule has 1 heterocycles. The maximum Gasteiger partial charge on any atom is 0.186 e. The van der Waals surface area contributed by atoms with Gasteiger partial charge in [-0.1, -0.05) is 74.0 Å². The van der Waals surface area contributed by atoms with Gasteiger partial charge in [-0.3, -0.25) is 0 Å². The van der Waals surface area contributed by atoms with E-state index in [4.69, 9.17) is 9.47 Å². The molecule has 0 amide bonds. The predicted octanol–water partition coefficient (Wildman–Crippen LogP) is 8.02. The fourth-order valence-corrected chi connectivity index (χ4v) is 4.19. The van der Waals surface area contributed by atoms with E-state index in [0.29, 0.717) is 41.9 Å². The maximum atomic E-state index is 14.9. The second-order valence-electron chi connectivity index (χ2n) is 8.60. The number of benzene rings is 3. The van der Waals surface area contributed by atoms with Crippen molar-refractivity contribution in [3.63, 3.8) is 0 Å². The molecule has 34 heavy (non-hydrogen) atoms. The summed E-state index contributed by atoms with van der Waals surface area (Å²) >= 11 is 0. The lowest BCUT2D eigenvalue weighted by Crippen LogP contribution is -2.26. The Labute approximate surface area is 199 Å². The molecule has 0 radical (unpaired) electrons. The summed E-state index contributed by atoms with van der Waals surface area (Å²) in [5, 5.41) is 0. The Morgan fingerprint density at radius 2 is 1.53 bits per heavy atom. The molecule has 1 aliphatic rings. The SMILES string of the molecule is C/C=C/C1COC(c2ccc(-c3ccc(-c4ccc(CCCC)c(F)c4F)cc3)cc2F)OC1. The summed E-state index contributed by atoms with van der Waals surface area (Å²) in [7, 11) is 0. The van der Waals surface area contributed by atoms with Gasteiger partial charge >= 0.3 is 0 Å². The van der Waals surface area contributed by atoms with Crippen LogP contribution in [0.25, 0.3) is 22.3 Å². The van der Waals surface area contributed by atoms with Gasteiger partial charge in [-0.15, -0.1) is 0 Å². The van der Waals surface area contributed by atoms with Crippen LogP contribution >= 0.6 is 0 Å². The molecule has 0 aliphatic carbocycles. The lowest BCUT2D eigenvalue weighted by molar-refractivity contribution is -0.198. The molecule has 3 aromatic carbocycles. The van der Waals surface area contributed by atoms with Gasteiger partial charge in [0, 0.05) is 17.0 Å². The Hall–Kier alpha value is -2.89. The highest BCUT2D eigenvalue weighted by atomic mass is 19.2. The van der Waals surface area contributed by atoms with E-state index in [-0.39, 0.29) is 11.5 Å². The quantitative estimate of drug-likeness (QED) is 0.328. The highest BCUT2D eigenvalue weighted by Gasteiger charge is 2.24. The summed E-state index contributed by atoms with van der Waals surface area (Å²) in [4.78, 5) is 0. The zero-order valence-corrected chi connectivity index (χ0v) is 19.5. The number of allylic oxidation sites excluding steroid dienone is 1. The van der Waals surface area contributed by atoms with E-state index >= 15 is 0 Å². The van der Waals surface area contributed by atoms with Crippen LogP contribution in [0.2, 0.25) is 0 Å². The zero-order valence-electron chi connectivity index (χ0n) is 19.5. The van der Waals surface area contributed by atoms with Crippen molar-refractivity contribution in [2.45, 2.75) is 39.4 Å². The molecule has 0 N–H and O–H groups in total. The number of unbranched alkanes of at least 4 members (excludes halogenated alkanes) is 1. The Morgan fingerprint density at radius 3 is 2.18 bits per heavy atom. The smallest absolute Gasteiger partial charge is 0.186 e. The van der Waals surface area contributed by atoms with Gasteiger partial charge in [0.2, 0.25) is 0 Å². The van der Waals surface area contributed by atoms with Crippen LogP contribution in [0, 0.1) is 23.4 Å². The minimum atomic E-state index is -0.833. The molecule has 0 bridgehead atoms. The average Bonchev–Trinajstić information content (AvgIpc) is 2.86. The molecule has 178 valence electrons. The van der Waals surface area contributed by atoms with Gasteiger partial charge in [0.1, 0.15) is 5.82 Å². The fraction of sp³-hybridized carbons (Fsp3) is 0.310. The first-order valence-corrected chi connectivity index (χ1v) is 11.7. The average molecular weight is 467 g/mol. The third-order valence-electron chi connectivity index (χ3n) is 6.13. The van der Waals surface area contributed by atoms with Gasteiger partial charge in [0.25, 0.3) is 0 Å². The maximum absolute atomic E-state index is 14.9. The third kappa shape index (κ3) is 5.26. The second kappa shape index (κ2) is 11.0. The Bertz CT molecular complexity index is 1150. The number of hydrogen-bond donors (Lipinski definition) is 0. The van der Waals surface area contributed by atoms with Crippen LogP contribution in [0.5, 0.6) is 0 Å². The van der Waals surface area contributed by atoms with Crippen molar-refractivity contribution in [2.75, 3.05) is 13.2 Å². The Kier molecular flexibility index (Phi) is 7.86. The molecule has 0 atom stereocenters. The molecule has 3 aromatic rings. The van der Waals surface area contributed by atoms with E-state index in [2.05, 4.69) is 0 Å². The van der Waals surface area contributed by atoms with Crippen molar-refractivity contribution in [3.05, 3.63) is 95.3 Å². The number of aryl methyl sites for hydroxylation is 1. The highest BCUT2D eigenvalue weighted by molar-refractivity contribution is 5.71. The molecular formula is C29H29F3O2. The van der Waals surface area contributed by atoms with Crippen LogP contribution in [-0.2, 0) is 15.9 Å². The van der Waals surface area contributed by atoms with Gasteiger partial charge in [0.15, 0.2) is 17.9 Å². The standard InChI is InChI=1S/C29H29F3O2/c1-3-5-7-22-12-14-24(28(32)27(22)31)21-10-8-20(9-11-21)23-13-15-25(26(30)16-23)29-33-17-19(6-4-2)18-34-29/h4,6,8-16,19,29H,3,5,7,17-18H2,1-2H3/b6-4+. The van der Waals surface area contributed by atoms with E-state index in [1.165, 1.54) is 6.07 Å². The molecular weight excluding hydrogens is 437 g/mol. The zero-order chi connectivity index (χ0) is 24.1. The molecule has 0 saturated carbocycles. The van der Waals surface area contributed by atoms with Crippen molar-refractivity contribution < 1.29 is 22.6 Å². The van der Waals surface area contributed by atoms with Crippen LogP contribution in [0.15, 0.2) is 66.7 Å². The van der Waals surface area contributed by atoms with E-state index < -0.39 is 23.7 Å². The minimum Gasteiger partial charge on any atom is -0.348 e. The van der Waals surface area contributed by atoms with Gasteiger partial charge < -0.3 is 9.47 Å². The topological polar surface area (TPSA) is 18.5 Å². The van der Waals surface area contributed by atoms with Gasteiger partial charge in [0.05, 0.1) is 13.2 Å². The largest absolute Gasteiger partial charge is 0.348 e. The summed E-state index contributed by atoms with van der Waals surface area (Å²) in [6.07, 6.45) is 5.50. The second-order valence-corrected chi connectivity index (χ2v) is 8.60. The van der Waals surface area contributed by atoms with Crippen LogP contribution in [0.1, 0.15) is 44.1 Å².